The number of benzene rings is 1. The normalized spacial score (nSPS) is 12.8. The van der Waals surface area contributed by atoms with E-state index in [4.69, 9.17) is 9.47 Å². The van der Waals surface area contributed by atoms with Gasteiger partial charge in [-0.2, -0.15) is 0 Å². The van der Waals surface area contributed by atoms with Crippen LogP contribution < -0.4 is 5.32 Å². The van der Waals surface area contributed by atoms with Gasteiger partial charge in [0.05, 0.1) is 32.0 Å². The van der Waals surface area contributed by atoms with Crippen LogP contribution in [0.3, 0.4) is 0 Å². The number of aliphatic hydroxyl groups is 1. The largest absolute Gasteiger partial charge is 0.389 e. The van der Waals surface area contributed by atoms with Crippen molar-refractivity contribution in [3.8, 4) is 0 Å². The molecule has 0 saturated carbocycles. The van der Waals surface area contributed by atoms with E-state index in [2.05, 4.69) is 5.32 Å². The van der Waals surface area contributed by atoms with E-state index in [0.29, 0.717) is 31.9 Å². The Kier molecular flexibility index (Phi) is 8.37. The average molecular weight is 285 g/mol. The zero-order chi connectivity index (χ0) is 14.8. The summed E-state index contributed by atoms with van der Waals surface area (Å²) in [6, 6.07) is 6.58. The first-order valence-electron chi connectivity index (χ1n) is 6.91. The van der Waals surface area contributed by atoms with Gasteiger partial charge in [0.15, 0.2) is 0 Å². The van der Waals surface area contributed by atoms with E-state index in [1.54, 1.807) is 18.2 Å². The number of hydrogen-bond donors (Lipinski definition) is 2. The molecular formula is C15H24FNO3. The van der Waals surface area contributed by atoms with Gasteiger partial charge in [-0.1, -0.05) is 18.2 Å². The monoisotopic (exact) mass is 285 g/mol. The zero-order valence-electron chi connectivity index (χ0n) is 12.1. The third-order valence-electron chi connectivity index (χ3n) is 2.64. The van der Waals surface area contributed by atoms with Gasteiger partial charge in [-0.05, 0) is 19.9 Å². The van der Waals surface area contributed by atoms with Gasteiger partial charge in [-0.15, -0.1) is 0 Å². The second-order valence-corrected chi connectivity index (χ2v) is 4.87. The summed E-state index contributed by atoms with van der Waals surface area (Å²) < 4.78 is 23.9. The van der Waals surface area contributed by atoms with E-state index < -0.39 is 6.10 Å². The fourth-order valence-electron chi connectivity index (χ4n) is 1.64. The minimum Gasteiger partial charge on any atom is -0.389 e. The lowest BCUT2D eigenvalue weighted by Gasteiger charge is -2.13. The molecule has 5 heteroatoms. The van der Waals surface area contributed by atoms with Gasteiger partial charge in [0.1, 0.15) is 5.82 Å². The molecule has 0 aromatic heterocycles. The molecule has 0 bridgehead atoms. The van der Waals surface area contributed by atoms with Crippen LogP contribution in [-0.2, 0) is 16.0 Å². The summed E-state index contributed by atoms with van der Waals surface area (Å²) in [6.07, 6.45) is -0.424. The predicted octanol–water partition coefficient (Wildman–Crippen LogP) is 1.72. The molecule has 2 N–H and O–H groups in total. The van der Waals surface area contributed by atoms with Crippen molar-refractivity contribution < 1.29 is 19.0 Å². The molecule has 1 atom stereocenters. The standard InChI is InChI=1S/C15H24FNO3/c1-12(2)20-8-7-19-11-14(18)10-17-9-13-5-3-4-6-15(13)16/h3-6,12,14,17-18H,7-11H2,1-2H3. The first-order valence-corrected chi connectivity index (χ1v) is 6.91. The van der Waals surface area contributed by atoms with Gasteiger partial charge < -0.3 is 19.9 Å². The first kappa shape index (κ1) is 17.0. The van der Waals surface area contributed by atoms with E-state index >= 15 is 0 Å². The van der Waals surface area contributed by atoms with Crippen LogP contribution in [0.4, 0.5) is 4.39 Å². The SMILES string of the molecule is CC(C)OCCOCC(O)CNCc1ccccc1F. The van der Waals surface area contributed by atoms with E-state index in [9.17, 15) is 9.50 Å². The maximum Gasteiger partial charge on any atom is 0.127 e. The van der Waals surface area contributed by atoms with Crippen molar-refractivity contribution in [2.24, 2.45) is 0 Å². The summed E-state index contributed by atoms with van der Waals surface area (Å²) in [5.74, 6) is -0.239. The minimum atomic E-state index is -0.610. The number of nitrogens with one attached hydrogen (secondary N) is 1. The molecule has 4 nitrogen and oxygen atoms in total. The van der Waals surface area contributed by atoms with Crippen LogP contribution in [0, 0.1) is 5.82 Å². The summed E-state index contributed by atoms with van der Waals surface area (Å²) in [7, 11) is 0. The molecule has 0 spiro atoms. The summed E-state index contributed by atoms with van der Waals surface area (Å²) >= 11 is 0. The molecule has 0 heterocycles. The lowest BCUT2D eigenvalue weighted by Crippen LogP contribution is -2.30. The van der Waals surface area contributed by atoms with Gasteiger partial charge in [-0.25, -0.2) is 4.39 Å². The van der Waals surface area contributed by atoms with Crippen LogP contribution in [0.1, 0.15) is 19.4 Å². The van der Waals surface area contributed by atoms with Crippen LogP contribution in [0.25, 0.3) is 0 Å². The molecule has 0 aliphatic carbocycles. The highest BCUT2D eigenvalue weighted by Crippen LogP contribution is 2.05. The van der Waals surface area contributed by atoms with Crippen molar-refractivity contribution in [1.82, 2.24) is 5.32 Å². The topological polar surface area (TPSA) is 50.7 Å². The average Bonchev–Trinajstić information content (AvgIpc) is 2.40. The van der Waals surface area contributed by atoms with Gasteiger partial charge in [0.25, 0.3) is 0 Å². The van der Waals surface area contributed by atoms with Gasteiger partial charge in [0, 0.05) is 18.7 Å². The Morgan fingerprint density at radius 3 is 2.70 bits per heavy atom. The highest BCUT2D eigenvalue weighted by molar-refractivity contribution is 5.16. The highest BCUT2D eigenvalue weighted by atomic mass is 19.1. The molecule has 1 aromatic rings. The summed E-state index contributed by atoms with van der Waals surface area (Å²) in [6.45, 7) is 5.89. The Morgan fingerprint density at radius 2 is 2.00 bits per heavy atom. The van der Waals surface area contributed by atoms with E-state index in [0.717, 1.165) is 0 Å². The predicted molar refractivity (Wildman–Crippen MR) is 76.0 cm³/mol. The molecule has 0 aliphatic rings. The number of halogens is 1. The Hall–Kier alpha value is -1.01. The van der Waals surface area contributed by atoms with Crippen LogP contribution in [0.15, 0.2) is 24.3 Å². The van der Waals surface area contributed by atoms with Crippen LogP contribution in [0.2, 0.25) is 0 Å². The minimum absolute atomic E-state index is 0.186. The van der Waals surface area contributed by atoms with Gasteiger partial charge >= 0.3 is 0 Å². The fraction of sp³-hybridized carbons (Fsp3) is 0.600. The first-order chi connectivity index (χ1) is 9.59. The van der Waals surface area contributed by atoms with Gasteiger partial charge in [0.2, 0.25) is 0 Å². The summed E-state index contributed by atoms with van der Waals surface area (Å²) in [5.41, 5.74) is 0.589. The third kappa shape index (κ3) is 7.55. The second-order valence-electron chi connectivity index (χ2n) is 4.87. The zero-order valence-corrected chi connectivity index (χ0v) is 12.1. The summed E-state index contributed by atoms with van der Waals surface area (Å²) in [4.78, 5) is 0. The Morgan fingerprint density at radius 1 is 1.25 bits per heavy atom. The lowest BCUT2D eigenvalue weighted by molar-refractivity contribution is -0.0100. The third-order valence-corrected chi connectivity index (χ3v) is 2.64. The van der Waals surface area contributed by atoms with Crippen molar-refractivity contribution in [2.75, 3.05) is 26.4 Å². The second kappa shape index (κ2) is 9.83. The van der Waals surface area contributed by atoms with Crippen LogP contribution >= 0.6 is 0 Å². The number of aliphatic hydroxyl groups excluding tert-OH is 1. The van der Waals surface area contributed by atoms with E-state index in [1.165, 1.54) is 6.07 Å². The van der Waals surface area contributed by atoms with E-state index in [1.807, 2.05) is 13.8 Å². The number of rotatable bonds is 10. The molecule has 1 unspecified atom stereocenters. The molecule has 1 aromatic carbocycles. The number of hydrogen-bond acceptors (Lipinski definition) is 4. The highest BCUT2D eigenvalue weighted by Gasteiger charge is 2.05. The van der Waals surface area contributed by atoms with Crippen LogP contribution in [-0.4, -0.2) is 43.7 Å². The quantitative estimate of drug-likeness (QED) is 0.643. The fourth-order valence-corrected chi connectivity index (χ4v) is 1.64. The van der Waals surface area contributed by atoms with Crippen molar-refractivity contribution in [1.29, 1.82) is 0 Å². The Balaban J connectivity index is 2.05. The molecule has 0 saturated heterocycles. The molecular weight excluding hydrogens is 261 g/mol. The van der Waals surface area contributed by atoms with E-state index in [-0.39, 0.29) is 18.5 Å². The molecule has 0 aliphatic heterocycles. The molecule has 20 heavy (non-hydrogen) atoms. The van der Waals surface area contributed by atoms with Crippen molar-refractivity contribution >= 4 is 0 Å². The molecule has 0 amide bonds. The summed E-state index contributed by atoms with van der Waals surface area (Å²) in [5, 5.41) is 12.7. The Labute approximate surface area is 119 Å². The smallest absolute Gasteiger partial charge is 0.127 e. The molecule has 0 fully saturated rings. The Bertz CT molecular complexity index is 374. The molecule has 0 radical (unpaired) electrons. The van der Waals surface area contributed by atoms with Crippen molar-refractivity contribution in [3.05, 3.63) is 35.6 Å². The molecule has 1 rings (SSSR count). The lowest BCUT2D eigenvalue weighted by atomic mass is 10.2. The van der Waals surface area contributed by atoms with Crippen LogP contribution in [0.5, 0.6) is 0 Å². The maximum atomic E-state index is 13.3. The van der Waals surface area contributed by atoms with Crippen molar-refractivity contribution in [2.45, 2.75) is 32.6 Å². The maximum absolute atomic E-state index is 13.3. The number of ether oxygens (including phenoxy) is 2. The van der Waals surface area contributed by atoms with Gasteiger partial charge in [-0.3, -0.25) is 0 Å². The van der Waals surface area contributed by atoms with Crippen molar-refractivity contribution in [3.63, 3.8) is 0 Å². The molecule has 114 valence electrons.